The second kappa shape index (κ2) is 23.5. The molecule has 0 saturated carbocycles. The van der Waals surface area contributed by atoms with Crippen LogP contribution in [-0.4, -0.2) is 89.3 Å². The van der Waals surface area contributed by atoms with Crippen molar-refractivity contribution in [3.63, 3.8) is 0 Å². The molecule has 0 aromatic carbocycles. The third-order valence-electron chi connectivity index (χ3n) is 2.51. The third kappa shape index (κ3) is 34.4. The fourth-order valence-corrected chi connectivity index (χ4v) is 1.37. The van der Waals surface area contributed by atoms with Crippen molar-refractivity contribution in [1.29, 1.82) is 0 Å². The van der Waals surface area contributed by atoms with Gasteiger partial charge in [-0.2, -0.15) is 0 Å². The van der Waals surface area contributed by atoms with Crippen LogP contribution >= 0.6 is 7.82 Å². The molecular weight excluding hydrogens is 559 g/mol. The zero-order chi connectivity index (χ0) is 25.8. The van der Waals surface area contributed by atoms with Crippen molar-refractivity contribution in [2.24, 2.45) is 0 Å². The Morgan fingerprint density at radius 1 is 0.543 bits per heavy atom. The first kappa shape index (κ1) is 51.9. The smallest absolute Gasteiger partial charge is 0.550 e. The Morgan fingerprint density at radius 2 is 0.657 bits per heavy atom. The van der Waals surface area contributed by atoms with Crippen molar-refractivity contribution in [2.45, 2.75) is 36.9 Å². The van der Waals surface area contributed by atoms with Gasteiger partial charge in [-0.1, -0.05) is 0 Å². The third-order valence-corrected chi connectivity index (χ3v) is 2.51. The van der Waals surface area contributed by atoms with Crippen LogP contribution in [0.1, 0.15) is 25.7 Å². The van der Waals surface area contributed by atoms with Crippen molar-refractivity contribution in [3.8, 4) is 0 Å². The van der Waals surface area contributed by atoms with Crippen LogP contribution in [0.3, 0.4) is 0 Å². The van der Waals surface area contributed by atoms with Crippen LogP contribution < -0.4 is 119 Å². The Morgan fingerprint density at radius 3 is 0.714 bits per heavy atom. The number of aliphatic carboxylic acids is 6. The van der Waals surface area contributed by atoms with Crippen LogP contribution in [0.4, 0.5) is 0 Å². The molecule has 0 heterocycles. The molecule has 0 aromatic rings. The second-order valence-electron chi connectivity index (χ2n) is 5.35. The van der Waals surface area contributed by atoms with Crippen LogP contribution in [0.15, 0.2) is 0 Å². The molecule has 0 aliphatic heterocycles. The van der Waals surface area contributed by atoms with Gasteiger partial charge < -0.3 is 84.3 Å². The summed E-state index contributed by atoms with van der Waals surface area (Å²) in [4.78, 5) is 81.6. The molecule has 0 amide bonds. The Balaban J connectivity index is -0.0000000686. The number of carbonyl (C=O) groups is 6. The Kier molecular flexibility index (Phi) is 34.9. The van der Waals surface area contributed by atoms with Crippen LogP contribution in [0.5, 0.6) is 0 Å². The van der Waals surface area contributed by atoms with E-state index in [0.717, 1.165) is 0 Å². The molecule has 0 aliphatic carbocycles. The van der Waals surface area contributed by atoms with Gasteiger partial charge in [-0.15, -0.1) is 0 Å². The molecular formula is C12H13AlNa3O18P. The van der Waals surface area contributed by atoms with E-state index in [4.69, 9.17) is 29.5 Å². The van der Waals surface area contributed by atoms with Gasteiger partial charge in [-0.3, -0.25) is 0 Å². The first-order chi connectivity index (χ1) is 13.6. The SMILES string of the molecule is O=C([O-])CC(O)(CC(=O)[O-])C(=O)[O-].O=C([O-])CC(O)(CC(=O)[O-])C(=O)[O-].O=P(O)(O)O.[Al+3].[Na+].[Na+].[Na+]. The second-order valence-corrected chi connectivity index (χ2v) is 6.37. The van der Waals surface area contributed by atoms with Gasteiger partial charge >= 0.3 is 114 Å². The summed E-state index contributed by atoms with van der Waals surface area (Å²) in [5, 5.41) is 77.9. The number of phosphoric acid groups is 1. The van der Waals surface area contributed by atoms with E-state index in [2.05, 4.69) is 0 Å². The van der Waals surface area contributed by atoms with E-state index in [-0.39, 0.29) is 106 Å². The zero-order valence-electron chi connectivity index (χ0n) is 18.4. The fourth-order valence-electron chi connectivity index (χ4n) is 1.37. The van der Waals surface area contributed by atoms with Crippen LogP contribution in [-0.2, 0) is 33.3 Å². The molecule has 0 rings (SSSR count). The summed E-state index contributed by atoms with van der Waals surface area (Å²) in [6.07, 6.45) is -5.43. The van der Waals surface area contributed by atoms with E-state index < -0.39 is 80.5 Å². The van der Waals surface area contributed by atoms with E-state index in [1.165, 1.54) is 0 Å². The predicted molar refractivity (Wildman–Crippen MR) is 78.4 cm³/mol. The van der Waals surface area contributed by atoms with Crippen molar-refractivity contribution in [2.75, 3.05) is 0 Å². The van der Waals surface area contributed by atoms with Crippen molar-refractivity contribution in [1.82, 2.24) is 0 Å². The number of carboxylic acids is 6. The van der Waals surface area contributed by atoms with E-state index in [1.807, 2.05) is 0 Å². The van der Waals surface area contributed by atoms with Crippen LogP contribution in [0.2, 0.25) is 0 Å². The Labute approximate surface area is 272 Å². The summed E-state index contributed by atoms with van der Waals surface area (Å²) < 4.78 is 8.88. The topological polar surface area (TPSA) is 359 Å². The Bertz CT molecular complexity index is 663. The summed E-state index contributed by atoms with van der Waals surface area (Å²) in [7, 11) is -4.64. The maximum Gasteiger partial charge on any atom is 3.00 e. The van der Waals surface area contributed by atoms with Crippen LogP contribution in [0, 0.1) is 0 Å². The van der Waals surface area contributed by atoms with Gasteiger partial charge in [-0.05, 0) is 0 Å². The first-order valence-corrected chi connectivity index (χ1v) is 8.57. The molecule has 0 bridgehead atoms. The minimum atomic E-state index is -4.64. The van der Waals surface area contributed by atoms with Gasteiger partial charge in [-0.25, -0.2) is 4.57 Å². The van der Waals surface area contributed by atoms with Gasteiger partial charge in [0.1, 0.15) is 11.2 Å². The van der Waals surface area contributed by atoms with Crippen molar-refractivity contribution in [3.05, 3.63) is 0 Å². The summed E-state index contributed by atoms with van der Waals surface area (Å²) in [6, 6.07) is 0. The van der Waals surface area contributed by atoms with Gasteiger partial charge in [0.2, 0.25) is 0 Å². The van der Waals surface area contributed by atoms with Gasteiger partial charge in [0.25, 0.3) is 0 Å². The van der Waals surface area contributed by atoms with E-state index in [9.17, 15) is 59.4 Å². The maximum absolute atomic E-state index is 10.1. The molecule has 0 aromatic heterocycles. The predicted octanol–water partition coefficient (Wildman–Crippen LogP) is -20.8. The van der Waals surface area contributed by atoms with E-state index >= 15 is 0 Å². The van der Waals surface area contributed by atoms with Gasteiger partial charge in [0.05, 0.1) is 11.9 Å². The summed E-state index contributed by atoms with van der Waals surface area (Å²) in [6.45, 7) is 0. The van der Waals surface area contributed by atoms with Gasteiger partial charge in [0.15, 0.2) is 0 Å². The maximum atomic E-state index is 10.1. The molecule has 0 saturated heterocycles. The average Bonchev–Trinajstić information content (AvgIpc) is 2.41. The molecule has 5 N–H and O–H groups in total. The molecule has 0 unspecified atom stereocenters. The molecule has 0 spiro atoms. The summed E-state index contributed by atoms with van der Waals surface area (Å²) in [5.41, 5.74) is -5.95. The number of carboxylic acid groups (broad SMARTS) is 6. The average molecular weight is 572 g/mol. The first-order valence-electron chi connectivity index (χ1n) is 7.01. The Hall–Kier alpha value is 0.382. The molecule has 180 valence electrons. The number of hydrogen-bond acceptors (Lipinski definition) is 15. The molecule has 23 heteroatoms. The molecule has 0 aliphatic rings. The van der Waals surface area contributed by atoms with E-state index in [0.29, 0.717) is 0 Å². The fraction of sp³-hybridized carbons (Fsp3) is 0.500. The normalized spacial score (nSPS) is 9.74. The van der Waals surface area contributed by atoms with Gasteiger partial charge in [0, 0.05) is 49.6 Å². The number of carbonyl (C=O) groups excluding carboxylic acids is 6. The number of rotatable bonds is 10. The molecule has 35 heavy (non-hydrogen) atoms. The monoisotopic (exact) mass is 572 g/mol. The minimum absolute atomic E-state index is 0. The van der Waals surface area contributed by atoms with Crippen LogP contribution in [0.25, 0.3) is 0 Å². The molecule has 0 fully saturated rings. The van der Waals surface area contributed by atoms with Crippen molar-refractivity contribution >= 4 is 61.0 Å². The quantitative estimate of drug-likeness (QED) is 0.120. The largest absolute Gasteiger partial charge is 3.00 e. The van der Waals surface area contributed by atoms with E-state index in [1.54, 1.807) is 0 Å². The zero-order valence-corrected chi connectivity index (χ0v) is 26.4. The number of hydrogen-bond donors (Lipinski definition) is 5. The summed E-state index contributed by atoms with van der Waals surface area (Å²) >= 11 is 0. The van der Waals surface area contributed by atoms with Crippen molar-refractivity contribution < 1.29 is 178 Å². The minimum Gasteiger partial charge on any atom is -0.550 e. The molecule has 18 nitrogen and oxygen atoms in total. The number of aliphatic hydroxyl groups is 2. The molecule has 0 atom stereocenters. The molecule has 0 radical (unpaired) electrons. The standard InChI is InChI=1S/2C6H8O7.Al.3Na.H3O4P/c2*7-3(8)1-6(13,5(11)12)2-4(9)10;;;;;1-5(2,3)4/h2*13H,1-2H2,(H,7,8)(H,9,10)(H,11,12);;;;;(H3,1,2,3,4)/q;;+3;3*+1;/p-6. The summed E-state index contributed by atoms with van der Waals surface area (Å²) in [5.74, 6) is -12.0.